The summed E-state index contributed by atoms with van der Waals surface area (Å²) in [5.41, 5.74) is 7.33. The minimum atomic E-state index is 0.773. The zero-order valence-electron chi connectivity index (χ0n) is 15.1. The molecule has 0 N–H and O–H groups in total. The lowest BCUT2D eigenvalue weighted by Crippen LogP contribution is -2.15. The van der Waals surface area contributed by atoms with Gasteiger partial charge in [-0.05, 0) is 44.0 Å². The quantitative estimate of drug-likeness (QED) is 0.381. The molecule has 0 unspecified atom stereocenters. The fourth-order valence-corrected chi connectivity index (χ4v) is 3.30. The van der Waals surface area contributed by atoms with Gasteiger partial charge in [-0.1, -0.05) is 65.4 Å². The maximum atomic E-state index is 5.04. The van der Waals surface area contributed by atoms with Crippen molar-refractivity contribution >= 4 is 22.6 Å². The van der Waals surface area contributed by atoms with Crippen molar-refractivity contribution in [1.82, 2.24) is 15.0 Å². The van der Waals surface area contributed by atoms with Gasteiger partial charge in [0.05, 0.1) is 11.2 Å². The molecule has 1 heterocycles. The Morgan fingerprint density at radius 1 is 0.846 bits per heavy atom. The molecule has 0 atom stereocenters. The number of hydrogen-bond acceptors (Lipinski definition) is 3. The minimum Gasteiger partial charge on any atom is -0.228 e. The molecule has 3 aromatic carbocycles. The van der Waals surface area contributed by atoms with Crippen molar-refractivity contribution in [3.63, 3.8) is 0 Å². The van der Waals surface area contributed by atoms with E-state index in [1.807, 2.05) is 59.3 Å². The first kappa shape index (κ1) is 16.2. The van der Waals surface area contributed by atoms with Crippen LogP contribution in [0, 0.1) is 20.8 Å². The third-order valence-corrected chi connectivity index (χ3v) is 4.44. The Kier molecular flexibility index (Phi) is 4.09. The smallest absolute Gasteiger partial charge is 0.163 e. The number of rotatable bonds is 2. The van der Waals surface area contributed by atoms with Crippen molar-refractivity contribution in [2.24, 2.45) is 4.99 Å². The molecule has 0 spiro atoms. The third-order valence-electron chi connectivity index (χ3n) is 4.44. The number of aliphatic imine (C=N–C) groups is 1. The Labute approximate surface area is 152 Å². The number of fused-ring (bicyclic) bond motifs is 1. The summed E-state index contributed by atoms with van der Waals surface area (Å²) in [6.07, 6.45) is 0. The molecule has 128 valence electrons. The van der Waals surface area contributed by atoms with Crippen molar-refractivity contribution in [2.45, 2.75) is 20.8 Å². The molecule has 1 aromatic heterocycles. The molecule has 0 aliphatic heterocycles. The van der Waals surface area contributed by atoms with E-state index in [-0.39, 0.29) is 0 Å². The van der Waals surface area contributed by atoms with Crippen LogP contribution in [0.1, 0.15) is 22.3 Å². The number of hydrogen-bond donors (Lipinski definition) is 0. The van der Waals surface area contributed by atoms with Gasteiger partial charge in [-0.3, -0.25) is 0 Å². The summed E-state index contributed by atoms with van der Waals surface area (Å²) in [5, 5.41) is 8.68. The van der Waals surface area contributed by atoms with Gasteiger partial charge in [0.15, 0.2) is 5.84 Å². The number of nitrogens with zero attached hydrogens (tertiary/aromatic N) is 4. The number of aryl methyl sites for hydroxylation is 3. The van der Waals surface area contributed by atoms with Gasteiger partial charge in [0, 0.05) is 5.56 Å². The Bertz CT molecular complexity index is 1080. The first-order valence-electron chi connectivity index (χ1n) is 8.66. The van der Waals surface area contributed by atoms with E-state index in [0.29, 0.717) is 0 Å². The monoisotopic (exact) mass is 340 g/mol. The van der Waals surface area contributed by atoms with Crippen molar-refractivity contribution in [3.8, 4) is 0 Å². The fourth-order valence-electron chi connectivity index (χ4n) is 3.30. The van der Waals surface area contributed by atoms with Gasteiger partial charge in [0.25, 0.3) is 0 Å². The molecule has 0 amide bonds. The van der Waals surface area contributed by atoms with Crippen LogP contribution in [0.2, 0.25) is 0 Å². The van der Waals surface area contributed by atoms with Gasteiger partial charge in [-0.25, -0.2) is 4.99 Å². The Hall–Kier alpha value is -3.27. The minimum absolute atomic E-state index is 0.773. The second-order valence-corrected chi connectivity index (χ2v) is 6.54. The van der Waals surface area contributed by atoms with Crippen molar-refractivity contribution in [2.75, 3.05) is 0 Å². The third kappa shape index (κ3) is 2.90. The van der Waals surface area contributed by atoms with Crippen LogP contribution in [0.5, 0.6) is 0 Å². The fraction of sp³-hybridized carbons (Fsp3) is 0.136. The summed E-state index contributed by atoms with van der Waals surface area (Å²) in [6.45, 7) is 6.30. The van der Waals surface area contributed by atoms with Gasteiger partial charge in [0.1, 0.15) is 5.52 Å². The van der Waals surface area contributed by atoms with E-state index < -0.39 is 0 Å². The van der Waals surface area contributed by atoms with Crippen LogP contribution in [0.3, 0.4) is 0 Å². The average molecular weight is 340 g/mol. The zero-order chi connectivity index (χ0) is 18.1. The highest BCUT2D eigenvalue weighted by Crippen LogP contribution is 2.27. The summed E-state index contributed by atoms with van der Waals surface area (Å²) in [6, 6.07) is 22.4. The molecular weight excluding hydrogens is 320 g/mol. The predicted octanol–water partition coefficient (Wildman–Crippen LogP) is 4.98. The maximum Gasteiger partial charge on any atom is 0.163 e. The molecule has 0 fully saturated rings. The van der Waals surface area contributed by atoms with Gasteiger partial charge in [-0.2, -0.15) is 4.68 Å². The molecule has 4 rings (SSSR count). The normalized spacial score (nSPS) is 11.9. The van der Waals surface area contributed by atoms with Crippen LogP contribution in [0.15, 0.2) is 71.7 Å². The van der Waals surface area contributed by atoms with Crippen LogP contribution in [-0.2, 0) is 0 Å². The molecule has 4 heteroatoms. The SMILES string of the molecule is Cc1cc(C)c(N=C(c2ccccc2)n2nnc3ccccc32)c(C)c1. The van der Waals surface area contributed by atoms with E-state index in [9.17, 15) is 0 Å². The Morgan fingerprint density at radius 2 is 1.50 bits per heavy atom. The van der Waals surface area contributed by atoms with Gasteiger partial charge < -0.3 is 0 Å². The topological polar surface area (TPSA) is 43.1 Å². The molecule has 4 nitrogen and oxygen atoms in total. The number of benzene rings is 3. The molecular formula is C22H20N4. The lowest BCUT2D eigenvalue weighted by Gasteiger charge is -2.11. The maximum absolute atomic E-state index is 5.04. The molecule has 4 aromatic rings. The summed E-state index contributed by atoms with van der Waals surface area (Å²) in [4.78, 5) is 5.04. The summed E-state index contributed by atoms with van der Waals surface area (Å²) < 4.78 is 1.82. The van der Waals surface area contributed by atoms with E-state index in [0.717, 1.165) is 39.2 Å². The van der Waals surface area contributed by atoms with Gasteiger partial charge >= 0.3 is 0 Å². The molecule has 0 saturated heterocycles. The first-order valence-corrected chi connectivity index (χ1v) is 8.66. The molecule has 0 aliphatic rings. The standard InChI is InChI=1S/C22H20N4/c1-15-13-16(2)21(17(3)14-15)23-22(18-9-5-4-6-10-18)26-20-12-8-7-11-19(20)24-25-26/h4-14H,1-3H3. The van der Waals surface area contributed by atoms with Crippen LogP contribution < -0.4 is 0 Å². The predicted molar refractivity (Wildman–Crippen MR) is 106 cm³/mol. The van der Waals surface area contributed by atoms with Crippen molar-refractivity contribution in [1.29, 1.82) is 0 Å². The Morgan fingerprint density at radius 3 is 2.23 bits per heavy atom. The lowest BCUT2D eigenvalue weighted by atomic mass is 10.1. The second-order valence-electron chi connectivity index (χ2n) is 6.54. The second kappa shape index (κ2) is 6.56. The van der Waals surface area contributed by atoms with Crippen LogP contribution in [-0.4, -0.2) is 20.8 Å². The summed E-state index contributed by atoms with van der Waals surface area (Å²) in [7, 11) is 0. The largest absolute Gasteiger partial charge is 0.228 e. The lowest BCUT2D eigenvalue weighted by molar-refractivity contribution is 0.861. The Balaban J connectivity index is 1.99. The number of para-hydroxylation sites is 1. The highest BCUT2D eigenvalue weighted by Gasteiger charge is 2.14. The van der Waals surface area contributed by atoms with Gasteiger partial charge in [0.2, 0.25) is 0 Å². The molecule has 0 saturated carbocycles. The highest BCUT2D eigenvalue weighted by atomic mass is 15.4. The first-order chi connectivity index (χ1) is 12.6. The van der Waals surface area contributed by atoms with E-state index in [1.165, 1.54) is 5.56 Å². The average Bonchev–Trinajstić information content (AvgIpc) is 3.06. The van der Waals surface area contributed by atoms with Crippen molar-refractivity contribution < 1.29 is 0 Å². The molecule has 0 aliphatic carbocycles. The molecule has 0 bridgehead atoms. The van der Waals surface area contributed by atoms with E-state index >= 15 is 0 Å². The van der Waals surface area contributed by atoms with Crippen LogP contribution in [0.25, 0.3) is 11.0 Å². The van der Waals surface area contributed by atoms with Gasteiger partial charge in [-0.15, -0.1) is 5.10 Å². The summed E-state index contributed by atoms with van der Waals surface area (Å²) >= 11 is 0. The van der Waals surface area contributed by atoms with E-state index in [4.69, 9.17) is 4.99 Å². The van der Waals surface area contributed by atoms with Crippen molar-refractivity contribution in [3.05, 3.63) is 89.0 Å². The van der Waals surface area contributed by atoms with E-state index in [2.05, 4.69) is 43.2 Å². The van der Waals surface area contributed by atoms with Crippen LogP contribution >= 0.6 is 0 Å². The molecule has 0 radical (unpaired) electrons. The molecule has 26 heavy (non-hydrogen) atoms. The van der Waals surface area contributed by atoms with E-state index in [1.54, 1.807) is 0 Å². The summed E-state index contributed by atoms with van der Waals surface area (Å²) in [5.74, 6) is 0.773. The van der Waals surface area contributed by atoms with Crippen LogP contribution in [0.4, 0.5) is 5.69 Å². The highest BCUT2D eigenvalue weighted by molar-refractivity contribution is 6.05. The zero-order valence-corrected chi connectivity index (χ0v) is 15.1. The number of aromatic nitrogens is 3.